The normalized spacial score (nSPS) is 11.6. The van der Waals surface area contributed by atoms with Gasteiger partial charge in [-0.15, -0.1) is 0 Å². The summed E-state index contributed by atoms with van der Waals surface area (Å²) in [5.74, 6) is 2.27. The number of hydrogen-bond acceptors (Lipinski definition) is 4. The SMILES string of the molecule is CCNC(=NCCCCCCCN(C)C)Nc1ccc(OC)c(OCC)c1. The summed E-state index contributed by atoms with van der Waals surface area (Å²) in [5.41, 5.74) is 0.933. The highest BCUT2D eigenvalue weighted by Gasteiger charge is 2.07. The molecule has 1 aromatic carbocycles. The molecule has 2 N–H and O–H groups in total. The fraction of sp³-hybridized carbons (Fsp3) is 0.667. The van der Waals surface area contributed by atoms with Crippen LogP contribution in [-0.4, -0.2) is 58.3 Å². The van der Waals surface area contributed by atoms with Crippen molar-refractivity contribution >= 4 is 11.6 Å². The number of nitrogens with one attached hydrogen (secondary N) is 2. The summed E-state index contributed by atoms with van der Waals surface area (Å²) in [6.45, 7) is 7.47. The molecule has 0 fully saturated rings. The Bertz CT molecular complexity index is 547. The first-order chi connectivity index (χ1) is 13.1. The third-order valence-corrected chi connectivity index (χ3v) is 4.10. The lowest BCUT2D eigenvalue weighted by Crippen LogP contribution is -2.30. The van der Waals surface area contributed by atoms with E-state index in [2.05, 4.69) is 41.5 Å². The van der Waals surface area contributed by atoms with Crippen LogP contribution >= 0.6 is 0 Å². The summed E-state index contributed by atoms with van der Waals surface area (Å²) in [4.78, 5) is 6.93. The molecule has 0 radical (unpaired) electrons. The molecule has 0 aliphatic carbocycles. The van der Waals surface area contributed by atoms with E-state index >= 15 is 0 Å². The Hall–Kier alpha value is -1.95. The van der Waals surface area contributed by atoms with E-state index in [1.807, 2.05) is 25.1 Å². The van der Waals surface area contributed by atoms with E-state index in [4.69, 9.17) is 9.47 Å². The third-order valence-electron chi connectivity index (χ3n) is 4.10. The van der Waals surface area contributed by atoms with Crippen LogP contribution in [0.25, 0.3) is 0 Å². The molecule has 0 spiro atoms. The zero-order valence-corrected chi connectivity index (χ0v) is 17.8. The van der Waals surface area contributed by atoms with Gasteiger partial charge in [-0.2, -0.15) is 0 Å². The molecule has 1 rings (SSSR count). The Morgan fingerprint density at radius 2 is 1.78 bits per heavy atom. The highest BCUT2D eigenvalue weighted by atomic mass is 16.5. The molecule has 0 bridgehead atoms. The van der Waals surface area contributed by atoms with Crippen LogP contribution in [-0.2, 0) is 0 Å². The summed E-state index contributed by atoms with van der Waals surface area (Å²) in [6, 6.07) is 5.82. The highest BCUT2D eigenvalue weighted by molar-refractivity contribution is 5.93. The second-order valence-electron chi connectivity index (χ2n) is 6.76. The van der Waals surface area contributed by atoms with Crippen LogP contribution in [0, 0.1) is 0 Å². The molecule has 1 aromatic rings. The maximum atomic E-state index is 5.64. The average molecular weight is 379 g/mol. The Balaban J connectivity index is 2.48. The van der Waals surface area contributed by atoms with Crippen molar-refractivity contribution in [2.45, 2.75) is 46.0 Å². The van der Waals surface area contributed by atoms with Crippen LogP contribution in [0.3, 0.4) is 0 Å². The molecule has 0 atom stereocenters. The smallest absolute Gasteiger partial charge is 0.195 e. The second kappa shape index (κ2) is 14.2. The average Bonchev–Trinajstić information content (AvgIpc) is 2.64. The Kier molecular flexibility index (Phi) is 12.1. The number of guanidine groups is 1. The van der Waals surface area contributed by atoms with Crippen LogP contribution in [0.4, 0.5) is 5.69 Å². The molecule has 0 unspecified atom stereocenters. The highest BCUT2D eigenvalue weighted by Crippen LogP contribution is 2.30. The number of methoxy groups -OCH3 is 1. The number of ether oxygens (including phenoxy) is 2. The number of anilines is 1. The first kappa shape index (κ1) is 23.1. The molecule has 27 heavy (non-hydrogen) atoms. The molecule has 6 nitrogen and oxygen atoms in total. The maximum Gasteiger partial charge on any atom is 0.195 e. The summed E-state index contributed by atoms with van der Waals surface area (Å²) in [7, 11) is 5.91. The number of benzene rings is 1. The number of unbranched alkanes of at least 4 members (excludes halogenated alkanes) is 4. The van der Waals surface area contributed by atoms with Crippen molar-refractivity contribution in [1.29, 1.82) is 0 Å². The van der Waals surface area contributed by atoms with Gasteiger partial charge in [0.05, 0.1) is 13.7 Å². The first-order valence-electron chi connectivity index (χ1n) is 10.1. The van der Waals surface area contributed by atoms with E-state index in [0.29, 0.717) is 6.61 Å². The third kappa shape index (κ3) is 10.1. The Morgan fingerprint density at radius 3 is 2.44 bits per heavy atom. The van der Waals surface area contributed by atoms with E-state index < -0.39 is 0 Å². The number of nitrogens with zero attached hydrogens (tertiary/aromatic N) is 2. The summed E-state index contributed by atoms with van der Waals surface area (Å²) in [6.07, 6.45) is 6.20. The molecular weight excluding hydrogens is 340 g/mol. The predicted molar refractivity (Wildman–Crippen MR) is 115 cm³/mol. The fourth-order valence-corrected chi connectivity index (χ4v) is 2.73. The van der Waals surface area contributed by atoms with Crippen LogP contribution < -0.4 is 20.1 Å². The van der Waals surface area contributed by atoms with Crippen molar-refractivity contribution in [2.24, 2.45) is 4.99 Å². The van der Waals surface area contributed by atoms with Crippen molar-refractivity contribution in [1.82, 2.24) is 10.2 Å². The molecule has 0 amide bonds. The molecule has 0 heterocycles. The molecular formula is C21H38N4O2. The lowest BCUT2D eigenvalue weighted by Gasteiger charge is -2.14. The van der Waals surface area contributed by atoms with Crippen LogP contribution in [0.5, 0.6) is 11.5 Å². The van der Waals surface area contributed by atoms with Crippen LogP contribution in [0.1, 0.15) is 46.0 Å². The van der Waals surface area contributed by atoms with Crippen molar-refractivity contribution in [3.8, 4) is 11.5 Å². The fourth-order valence-electron chi connectivity index (χ4n) is 2.73. The number of rotatable bonds is 13. The van der Waals surface area contributed by atoms with E-state index in [-0.39, 0.29) is 0 Å². The minimum Gasteiger partial charge on any atom is -0.493 e. The molecule has 0 saturated carbocycles. The van der Waals surface area contributed by atoms with Gasteiger partial charge in [0.1, 0.15) is 0 Å². The summed E-state index contributed by atoms with van der Waals surface area (Å²) < 4.78 is 11.0. The predicted octanol–water partition coefficient (Wildman–Crippen LogP) is 3.98. The monoisotopic (exact) mass is 378 g/mol. The van der Waals surface area contributed by atoms with E-state index in [1.54, 1.807) is 7.11 Å². The van der Waals surface area contributed by atoms with Crippen molar-refractivity contribution in [2.75, 3.05) is 52.8 Å². The largest absolute Gasteiger partial charge is 0.493 e. The van der Waals surface area contributed by atoms with Gasteiger partial charge in [0.25, 0.3) is 0 Å². The van der Waals surface area contributed by atoms with Gasteiger partial charge in [-0.3, -0.25) is 4.99 Å². The van der Waals surface area contributed by atoms with Crippen molar-refractivity contribution in [3.63, 3.8) is 0 Å². The molecule has 0 aliphatic rings. The lowest BCUT2D eigenvalue weighted by atomic mass is 10.1. The standard InChI is InChI=1S/C21H38N4O2/c1-6-22-21(23-15-11-9-8-10-12-16-25(3)4)24-18-13-14-19(26-5)20(17-18)27-7-2/h13-14,17H,6-12,15-16H2,1-5H3,(H2,22,23,24). The molecule has 0 aliphatic heterocycles. The van der Waals surface area contributed by atoms with Crippen molar-refractivity contribution in [3.05, 3.63) is 18.2 Å². The number of aliphatic imine (C=N–C) groups is 1. The maximum absolute atomic E-state index is 5.64. The van der Waals surface area contributed by atoms with Gasteiger partial charge in [0.15, 0.2) is 17.5 Å². The quantitative estimate of drug-likeness (QED) is 0.309. The van der Waals surface area contributed by atoms with Gasteiger partial charge < -0.3 is 25.0 Å². The van der Waals surface area contributed by atoms with E-state index in [1.165, 1.54) is 32.2 Å². The van der Waals surface area contributed by atoms with Gasteiger partial charge in [-0.05, 0) is 59.5 Å². The van der Waals surface area contributed by atoms with Gasteiger partial charge in [0.2, 0.25) is 0 Å². The molecule has 154 valence electrons. The lowest BCUT2D eigenvalue weighted by molar-refractivity contribution is 0.311. The minimum atomic E-state index is 0.600. The van der Waals surface area contributed by atoms with Gasteiger partial charge in [-0.25, -0.2) is 0 Å². The Labute approximate surface area is 165 Å². The van der Waals surface area contributed by atoms with Gasteiger partial charge >= 0.3 is 0 Å². The number of hydrogen-bond donors (Lipinski definition) is 2. The van der Waals surface area contributed by atoms with E-state index in [9.17, 15) is 0 Å². The van der Waals surface area contributed by atoms with Crippen LogP contribution in [0.15, 0.2) is 23.2 Å². The minimum absolute atomic E-state index is 0.600. The topological polar surface area (TPSA) is 58.1 Å². The summed E-state index contributed by atoms with van der Waals surface area (Å²) in [5, 5.41) is 6.65. The summed E-state index contributed by atoms with van der Waals surface area (Å²) >= 11 is 0. The second-order valence-corrected chi connectivity index (χ2v) is 6.76. The zero-order chi connectivity index (χ0) is 19.9. The molecule has 6 heteroatoms. The van der Waals surface area contributed by atoms with Gasteiger partial charge in [0, 0.05) is 24.8 Å². The first-order valence-corrected chi connectivity index (χ1v) is 10.1. The zero-order valence-electron chi connectivity index (χ0n) is 17.8. The molecule has 0 aromatic heterocycles. The van der Waals surface area contributed by atoms with E-state index in [0.717, 1.165) is 42.7 Å². The molecule has 0 saturated heterocycles. The Morgan fingerprint density at radius 1 is 1.04 bits per heavy atom. The van der Waals surface area contributed by atoms with Gasteiger partial charge in [-0.1, -0.05) is 19.3 Å². The van der Waals surface area contributed by atoms with Crippen molar-refractivity contribution < 1.29 is 9.47 Å². The van der Waals surface area contributed by atoms with Crippen LogP contribution in [0.2, 0.25) is 0 Å².